The Bertz CT molecular complexity index is 497. The minimum atomic E-state index is 0.532. The van der Waals surface area contributed by atoms with Crippen LogP contribution in [0.1, 0.15) is 18.5 Å². The van der Waals surface area contributed by atoms with E-state index in [0.29, 0.717) is 6.54 Å². The van der Waals surface area contributed by atoms with Gasteiger partial charge in [0.2, 0.25) is 0 Å². The minimum absolute atomic E-state index is 0.532. The molecule has 3 heterocycles. The van der Waals surface area contributed by atoms with E-state index in [1.807, 2.05) is 6.20 Å². The Morgan fingerprint density at radius 3 is 2.88 bits per heavy atom. The average Bonchev–Trinajstić information content (AvgIpc) is 2.97. The molecular weight excluding hydrogens is 200 g/mol. The number of nitrogens with zero attached hydrogens (tertiary/aromatic N) is 3. The van der Waals surface area contributed by atoms with Crippen molar-refractivity contribution < 1.29 is 0 Å². The molecule has 2 aromatic heterocycles. The number of aromatic nitrogens is 2. The lowest BCUT2D eigenvalue weighted by atomic mass is 10.3. The Morgan fingerprint density at radius 2 is 2.12 bits per heavy atom. The Labute approximate surface area is 94.7 Å². The maximum Gasteiger partial charge on any atom is 0.138 e. The van der Waals surface area contributed by atoms with Crippen LogP contribution in [0.15, 0.2) is 24.5 Å². The summed E-state index contributed by atoms with van der Waals surface area (Å²) in [5, 5.41) is 0. The van der Waals surface area contributed by atoms with Crippen molar-refractivity contribution in [1.29, 1.82) is 0 Å². The topological polar surface area (TPSA) is 46.6 Å². The first kappa shape index (κ1) is 9.66. The first-order chi connectivity index (χ1) is 7.88. The zero-order chi connectivity index (χ0) is 11.0. The molecule has 0 aliphatic carbocycles. The van der Waals surface area contributed by atoms with Crippen LogP contribution < -0.4 is 10.6 Å². The summed E-state index contributed by atoms with van der Waals surface area (Å²) < 4.78 is 2.06. The highest BCUT2D eigenvalue weighted by molar-refractivity contribution is 5.57. The van der Waals surface area contributed by atoms with Crippen LogP contribution >= 0.6 is 0 Å². The summed E-state index contributed by atoms with van der Waals surface area (Å²) in [6.07, 6.45) is 6.52. The predicted octanol–water partition coefficient (Wildman–Crippen LogP) is 1.39. The molecular formula is C12H16N4. The molecule has 3 rings (SSSR count). The zero-order valence-corrected chi connectivity index (χ0v) is 9.26. The van der Waals surface area contributed by atoms with Gasteiger partial charge in [-0.05, 0) is 18.9 Å². The summed E-state index contributed by atoms with van der Waals surface area (Å²) in [5.41, 5.74) is 8.98. The SMILES string of the molecule is NCc1cnc2cc(N3CCCC3)ccn12. The van der Waals surface area contributed by atoms with Gasteiger partial charge in [-0.2, -0.15) is 0 Å². The summed E-state index contributed by atoms with van der Waals surface area (Å²) in [7, 11) is 0. The molecule has 0 radical (unpaired) electrons. The Hall–Kier alpha value is -1.55. The standard InChI is InChI=1S/C12H16N4/c13-8-11-9-14-12-7-10(3-6-16(11)12)15-4-1-2-5-15/h3,6-7,9H,1-2,4-5,8,13H2. The summed E-state index contributed by atoms with van der Waals surface area (Å²) in [6.45, 7) is 2.87. The summed E-state index contributed by atoms with van der Waals surface area (Å²) in [5.74, 6) is 0. The third-order valence-corrected chi connectivity index (χ3v) is 3.25. The van der Waals surface area contributed by atoms with E-state index < -0.39 is 0 Å². The van der Waals surface area contributed by atoms with E-state index in [1.54, 1.807) is 0 Å². The predicted molar refractivity (Wildman–Crippen MR) is 64.5 cm³/mol. The van der Waals surface area contributed by atoms with Gasteiger partial charge < -0.3 is 15.0 Å². The van der Waals surface area contributed by atoms with Gasteiger partial charge in [0, 0.05) is 37.6 Å². The number of fused-ring (bicyclic) bond motifs is 1. The van der Waals surface area contributed by atoms with Gasteiger partial charge in [0.05, 0.1) is 11.9 Å². The van der Waals surface area contributed by atoms with Crippen LogP contribution in [0.4, 0.5) is 5.69 Å². The molecule has 16 heavy (non-hydrogen) atoms. The molecule has 1 fully saturated rings. The molecule has 2 aromatic rings. The zero-order valence-electron chi connectivity index (χ0n) is 9.26. The highest BCUT2D eigenvalue weighted by Gasteiger charge is 2.13. The Kier molecular flexibility index (Phi) is 2.29. The molecule has 0 atom stereocenters. The monoisotopic (exact) mass is 216 g/mol. The van der Waals surface area contributed by atoms with E-state index in [2.05, 4.69) is 32.6 Å². The number of pyridine rings is 1. The van der Waals surface area contributed by atoms with Gasteiger partial charge in [0.25, 0.3) is 0 Å². The lowest BCUT2D eigenvalue weighted by Crippen LogP contribution is -2.17. The Balaban J connectivity index is 2.02. The third-order valence-electron chi connectivity index (χ3n) is 3.25. The smallest absolute Gasteiger partial charge is 0.138 e. The van der Waals surface area contributed by atoms with Crippen molar-refractivity contribution in [2.24, 2.45) is 5.73 Å². The van der Waals surface area contributed by atoms with Crippen molar-refractivity contribution in [3.63, 3.8) is 0 Å². The van der Waals surface area contributed by atoms with Crippen LogP contribution in [0.25, 0.3) is 5.65 Å². The van der Waals surface area contributed by atoms with E-state index in [1.165, 1.54) is 31.6 Å². The summed E-state index contributed by atoms with van der Waals surface area (Å²) >= 11 is 0. The maximum atomic E-state index is 5.65. The van der Waals surface area contributed by atoms with Crippen molar-refractivity contribution in [3.8, 4) is 0 Å². The van der Waals surface area contributed by atoms with Crippen LogP contribution in [-0.4, -0.2) is 22.5 Å². The molecule has 0 aromatic carbocycles. The molecule has 4 heteroatoms. The van der Waals surface area contributed by atoms with Crippen LogP contribution in [0.5, 0.6) is 0 Å². The van der Waals surface area contributed by atoms with Crippen molar-refractivity contribution in [2.75, 3.05) is 18.0 Å². The molecule has 0 saturated carbocycles. The fourth-order valence-electron chi connectivity index (χ4n) is 2.35. The van der Waals surface area contributed by atoms with E-state index in [4.69, 9.17) is 5.73 Å². The highest BCUT2D eigenvalue weighted by atomic mass is 15.1. The second-order valence-electron chi connectivity index (χ2n) is 4.26. The van der Waals surface area contributed by atoms with Crippen molar-refractivity contribution in [1.82, 2.24) is 9.38 Å². The molecule has 1 aliphatic rings. The van der Waals surface area contributed by atoms with E-state index in [0.717, 1.165) is 11.3 Å². The number of rotatable bonds is 2. The second kappa shape index (κ2) is 3.79. The summed E-state index contributed by atoms with van der Waals surface area (Å²) in [4.78, 5) is 6.79. The largest absolute Gasteiger partial charge is 0.371 e. The van der Waals surface area contributed by atoms with E-state index in [9.17, 15) is 0 Å². The molecule has 1 saturated heterocycles. The average molecular weight is 216 g/mol. The summed E-state index contributed by atoms with van der Waals surface area (Å²) in [6, 6.07) is 4.30. The van der Waals surface area contributed by atoms with Gasteiger partial charge in [-0.1, -0.05) is 0 Å². The normalized spacial score (nSPS) is 16.2. The van der Waals surface area contributed by atoms with E-state index >= 15 is 0 Å². The molecule has 0 unspecified atom stereocenters. The Morgan fingerprint density at radius 1 is 1.31 bits per heavy atom. The van der Waals surface area contributed by atoms with Crippen LogP contribution in [-0.2, 0) is 6.54 Å². The quantitative estimate of drug-likeness (QED) is 0.825. The number of hydrogen-bond acceptors (Lipinski definition) is 3. The lowest BCUT2D eigenvalue weighted by Gasteiger charge is -2.17. The number of anilines is 1. The molecule has 4 nitrogen and oxygen atoms in total. The molecule has 0 amide bonds. The first-order valence-electron chi connectivity index (χ1n) is 5.79. The molecule has 2 N–H and O–H groups in total. The third kappa shape index (κ3) is 1.46. The molecule has 0 spiro atoms. The molecule has 0 bridgehead atoms. The first-order valence-corrected chi connectivity index (χ1v) is 5.79. The van der Waals surface area contributed by atoms with Gasteiger partial charge in [-0.3, -0.25) is 0 Å². The van der Waals surface area contributed by atoms with E-state index in [-0.39, 0.29) is 0 Å². The van der Waals surface area contributed by atoms with Gasteiger partial charge in [-0.15, -0.1) is 0 Å². The molecule has 84 valence electrons. The van der Waals surface area contributed by atoms with Crippen molar-refractivity contribution >= 4 is 11.3 Å². The van der Waals surface area contributed by atoms with Crippen LogP contribution in [0, 0.1) is 0 Å². The minimum Gasteiger partial charge on any atom is -0.371 e. The van der Waals surface area contributed by atoms with Crippen LogP contribution in [0.2, 0.25) is 0 Å². The van der Waals surface area contributed by atoms with Crippen molar-refractivity contribution in [3.05, 3.63) is 30.2 Å². The van der Waals surface area contributed by atoms with Gasteiger partial charge in [0.1, 0.15) is 5.65 Å². The van der Waals surface area contributed by atoms with Crippen molar-refractivity contribution in [2.45, 2.75) is 19.4 Å². The number of hydrogen-bond donors (Lipinski definition) is 1. The maximum absolute atomic E-state index is 5.65. The highest BCUT2D eigenvalue weighted by Crippen LogP contribution is 2.21. The fraction of sp³-hybridized carbons (Fsp3) is 0.417. The number of nitrogens with two attached hydrogens (primary N) is 1. The van der Waals surface area contributed by atoms with Crippen LogP contribution in [0.3, 0.4) is 0 Å². The van der Waals surface area contributed by atoms with Gasteiger partial charge >= 0.3 is 0 Å². The fourth-order valence-corrected chi connectivity index (χ4v) is 2.35. The van der Waals surface area contributed by atoms with Gasteiger partial charge in [0.15, 0.2) is 0 Å². The molecule has 1 aliphatic heterocycles. The van der Waals surface area contributed by atoms with Gasteiger partial charge in [-0.25, -0.2) is 4.98 Å². The number of imidazole rings is 1. The lowest BCUT2D eigenvalue weighted by molar-refractivity contribution is 0.942. The second-order valence-corrected chi connectivity index (χ2v) is 4.26.